The maximum Gasteiger partial charge on any atom is 0.211 e. The number of aromatic nitrogens is 1. The van der Waals surface area contributed by atoms with Gasteiger partial charge in [0.05, 0.1) is 18.4 Å². The minimum Gasteiger partial charge on any atom is -0.497 e. The Balaban J connectivity index is 1.45. The molecule has 0 spiro atoms. The van der Waals surface area contributed by atoms with Crippen molar-refractivity contribution in [1.29, 1.82) is 5.26 Å². The number of nitrogens with zero attached hydrogens (tertiary/aromatic N) is 3. The molecule has 1 saturated heterocycles. The molecule has 1 aliphatic heterocycles. The molecule has 0 saturated carbocycles. The monoisotopic (exact) mass is 414 g/mol. The zero-order chi connectivity index (χ0) is 20.7. The van der Waals surface area contributed by atoms with Gasteiger partial charge in [-0.15, -0.1) is 0 Å². The zero-order valence-corrected chi connectivity index (χ0v) is 17.4. The Morgan fingerprint density at radius 1 is 1.24 bits per heavy atom. The fraction of sp³-hybridized carbons (Fsp3) is 0.429. The first-order valence-electron chi connectivity index (χ1n) is 9.71. The van der Waals surface area contributed by atoms with E-state index in [9.17, 15) is 13.7 Å². The number of rotatable bonds is 8. The van der Waals surface area contributed by atoms with E-state index in [-0.39, 0.29) is 11.7 Å². The first kappa shape index (κ1) is 21.1. The number of methoxy groups -OCH3 is 1. The Morgan fingerprint density at radius 2 is 1.97 bits per heavy atom. The minimum absolute atomic E-state index is 0.0671. The molecule has 1 fully saturated rings. The highest BCUT2D eigenvalue weighted by atomic mass is 32.2. The second-order valence-corrected chi connectivity index (χ2v) is 9.11. The molecule has 0 unspecified atom stereocenters. The molecule has 29 heavy (non-hydrogen) atoms. The molecular formula is C21H26N4O3S. The van der Waals surface area contributed by atoms with E-state index in [1.165, 1.54) is 0 Å². The Kier molecular flexibility index (Phi) is 7.07. The third-order valence-corrected chi connectivity index (χ3v) is 6.58. The van der Waals surface area contributed by atoms with E-state index in [1.807, 2.05) is 24.3 Å². The fourth-order valence-electron chi connectivity index (χ4n) is 3.45. The third kappa shape index (κ3) is 5.92. The van der Waals surface area contributed by atoms with Gasteiger partial charge in [-0.1, -0.05) is 12.1 Å². The van der Waals surface area contributed by atoms with Gasteiger partial charge in [-0.3, -0.25) is 0 Å². The standard InChI is InChI=1S/C21H26N4O3S/c1-28-20-6-4-17(5-7-20)10-14-29(26,27)24-16-18-8-12-25(13-9-18)21-19(15-22)3-2-11-23-21/h2-7,11,18,24H,8-10,12-14,16H2,1H3. The van der Waals surface area contributed by atoms with Crippen molar-refractivity contribution in [2.45, 2.75) is 19.3 Å². The van der Waals surface area contributed by atoms with Crippen molar-refractivity contribution in [1.82, 2.24) is 9.71 Å². The van der Waals surface area contributed by atoms with Crippen molar-refractivity contribution in [2.24, 2.45) is 5.92 Å². The van der Waals surface area contributed by atoms with E-state index in [0.717, 1.165) is 37.2 Å². The Labute approximate surface area is 172 Å². The minimum atomic E-state index is -3.32. The van der Waals surface area contributed by atoms with Gasteiger partial charge >= 0.3 is 0 Å². The molecule has 7 nitrogen and oxygen atoms in total. The Morgan fingerprint density at radius 3 is 2.62 bits per heavy atom. The summed E-state index contributed by atoms with van der Waals surface area (Å²) in [5.41, 5.74) is 1.54. The van der Waals surface area contributed by atoms with Crippen LogP contribution in [-0.2, 0) is 16.4 Å². The molecule has 2 heterocycles. The van der Waals surface area contributed by atoms with Gasteiger partial charge in [0.25, 0.3) is 0 Å². The molecule has 0 aliphatic carbocycles. The van der Waals surface area contributed by atoms with Crippen LogP contribution in [0.2, 0.25) is 0 Å². The second-order valence-electron chi connectivity index (χ2n) is 7.18. The maximum atomic E-state index is 12.3. The number of aryl methyl sites for hydroxylation is 1. The van der Waals surface area contributed by atoms with Gasteiger partial charge in [0.1, 0.15) is 17.6 Å². The van der Waals surface area contributed by atoms with Crippen LogP contribution < -0.4 is 14.4 Å². The molecule has 8 heteroatoms. The smallest absolute Gasteiger partial charge is 0.211 e. The number of nitriles is 1. The van der Waals surface area contributed by atoms with Crippen molar-refractivity contribution >= 4 is 15.8 Å². The van der Waals surface area contributed by atoms with Crippen LogP contribution in [0.5, 0.6) is 5.75 Å². The first-order chi connectivity index (χ1) is 14.0. The van der Waals surface area contributed by atoms with E-state index in [1.54, 1.807) is 25.4 Å². The quantitative estimate of drug-likeness (QED) is 0.712. The average molecular weight is 415 g/mol. The molecule has 2 aromatic rings. The van der Waals surface area contributed by atoms with Crippen LogP contribution >= 0.6 is 0 Å². The molecule has 154 valence electrons. The van der Waals surface area contributed by atoms with Gasteiger partial charge in [0, 0.05) is 25.8 Å². The molecule has 0 bridgehead atoms. The van der Waals surface area contributed by atoms with Crippen LogP contribution in [0.25, 0.3) is 0 Å². The van der Waals surface area contributed by atoms with Gasteiger partial charge in [0.2, 0.25) is 10.0 Å². The molecule has 1 aliphatic rings. The molecule has 1 N–H and O–H groups in total. The average Bonchev–Trinajstić information content (AvgIpc) is 2.77. The maximum absolute atomic E-state index is 12.3. The molecule has 3 rings (SSSR count). The second kappa shape index (κ2) is 9.72. The molecular weight excluding hydrogens is 388 g/mol. The van der Waals surface area contributed by atoms with Crippen molar-refractivity contribution < 1.29 is 13.2 Å². The number of sulfonamides is 1. The number of hydrogen-bond donors (Lipinski definition) is 1. The van der Waals surface area contributed by atoms with Crippen LogP contribution in [0.3, 0.4) is 0 Å². The summed E-state index contributed by atoms with van der Waals surface area (Å²) in [5.74, 6) is 1.83. The number of piperidine rings is 1. The summed E-state index contributed by atoms with van der Waals surface area (Å²) in [6.45, 7) is 1.99. The zero-order valence-electron chi connectivity index (χ0n) is 16.5. The third-order valence-electron chi connectivity index (χ3n) is 5.23. The summed E-state index contributed by atoms with van der Waals surface area (Å²) in [4.78, 5) is 6.44. The Bertz CT molecular complexity index is 947. The van der Waals surface area contributed by atoms with Crippen LogP contribution in [-0.4, -0.2) is 45.9 Å². The summed E-state index contributed by atoms with van der Waals surface area (Å²) in [6, 6.07) is 13.2. The van der Waals surface area contributed by atoms with Gasteiger partial charge in [0.15, 0.2) is 0 Å². The van der Waals surface area contributed by atoms with Gasteiger partial charge in [-0.2, -0.15) is 5.26 Å². The summed E-state index contributed by atoms with van der Waals surface area (Å²) < 4.78 is 32.6. The lowest BCUT2D eigenvalue weighted by Gasteiger charge is -2.33. The normalized spacial score (nSPS) is 15.1. The van der Waals surface area contributed by atoms with Crippen LogP contribution in [0, 0.1) is 17.2 Å². The SMILES string of the molecule is COc1ccc(CCS(=O)(=O)NCC2CCN(c3ncccc3C#N)CC2)cc1. The highest BCUT2D eigenvalue weighted by Gasteiger charge is 2.23. The van der Waals surface area contributed by atoms with Crippen molar-refractivity contribution in [3.8, 4) is 11.8 Å². The summed E-state index contributed by atoms with van der Waals surface area (Å²) >= 11 is 0. The van der Waals surface area contributed by atoms with Gasteiger partial charge in [-0.25, -0.2) is 18.1 Å². The van der Waals surface area contributed by atoms with Crippen molar-refractivity contribution in [3.05, 3.63) is 53.7 Å². The lowest BCUT2D eigenvalue weighted by molar-refractivity contribution is 0.400. The largest absolute Gasteiger partial charge is 0.497 e. The fourth-order valence-corrected chi connectivity index (χ4v) is 4.58. The number of anilines is 1. The van der Waals surface area contributed by atoms with Crippen molar-refractivity contribution in [2.75, 3.05) is 37.4 Å². The first-order valence-corrected chi connectivity index (χ1v) is 11.4. The summed E-state index contributed by atoms with van der Waals surface area (Å²) in [7, 11) is -1.72. The van der Waals surface area contributed by atoms with E-state index < -0.39 is 10.0 Å². The molecule has 0 amide bonds. The molecule has 0 atom stereocenters. The molecule has 0 radical (unpaired) electrons. The van der Waals surface area contributed by atoms with E-state index in [0.29, 0.717) is 24.3 Å². The molecule has 1 aromatic heterocycles. The van der Waals surface area contributed by atoms with E-state index in [2.05, 4.69) is 20.7 Å². The van der Waals surface area contributed by atoms with Crippen molar-refractivity contribution in [3.63, 3.8) is 0 Å². The number of nitrogens with one attached hydrogen (secondary N) is 1. The van der Waals surface area contributed by atoms with Gasteiger partial charge < -0.3 is 9.64 Å². The highest BCUT2D eigenvalue weighted by Crippen LogP contribution is 2.24. The number of benzene rings is 1. The molecule has 1 aromatic carbocycles. The van der Waals surface area contributed by atoms with E-state index in [4.69, 9.17) is 4.74 Å². The summed E-state index contributed by atoms with van der Waals surface area (Å²) in [6.07, 6.45) is 3.89. The number of ether oxygens (including phenoxy) is 1. The highest BCUT2D eigenvalue weighted by molar-refractivity contribution is 7.89. The summed E-state index contributed by atoms with van der Waals surface area (Å²) in [5, 5.41) is 9.23. The number of hydrogen-bond acceptors (Lipinski definition) is 6. The topological polar surface area (TPSA) is 95.3 Å². The van der Waals surface area contributed by atoms with Crippen LogP contribution in [0.4, 0.5) is 5.82 Å². The number of pyridine rings is 1. The Hall–Kier alpha value is -2.63. The predicted molar refractivity (Wildman–Crippen MR) is 112 cm³/mol. The lowest BCUT2D eigenvalue weighted by atomic mass is 9.97. The van der Waals surface area contributed by atoms with Gasteiger partial charge in [-0.05, 0) is 55.0 Å². The lowest BCUT2D eigenvalue weighted by Crippen LogP contribution is -2.39. The van der Waals surface area contributed by atoms with E-state index >= 15 is 0 Å². The predicted octanol–water partition coefficient (Wildman–Crippen LogP) is 2.34. The van der Waals surface area contributed by atoms with Crippen LogP contribution in [0.1, 0.15) is 24.0 Å². The van der Waals surface area contributed by atoms with Crippen LogP contribution in [0.15, 0.2) is 42.6 Å².